The van der Waals surface area contributed by atoms with Crippen LogP contribution in [0.3, 0.4) is 0 Å². The van der Waals surface area contributed by atoms with Crippen LogP contribution in [0.2, 0.25) is 0 Å². The second-order valence-corrected chi connectivity index (χ2v) is 3.45. The number of carbonyl (C=O) groups excluding carboxylic acids is 3. The topological polar surface area (TPSA) is 103 Å². The lowest BCUT2D eigenvalue weighted by atomic mass is 9.87. The normalized spacial score (nSPS) is 11.3. The largest absolute Gasteiger partial charge is 0.469 e. The zero-order valence-corrected chi connectivity index (χ0v) is 10.5. The number of nitriles is 1. The van der Waals surface area contributed by atoms with Crippen LogP contribution in [0.1, 0.15) is 12.8 Å². The highest BCUT2D eigenvalue weighted by molar-refractivity contribution is 5.79. The van der Waals surface area contributed by atoms with Crippen molar-refractivity contribution in [2.75, 3.05) is 21.3 Å². The lowest BCUT2D eigenvalue weighted by Crippen LogP contribution is -2.28. The summed E-state index contributed by atoms with van der Waals surface area (Å²) in [7, 11) is 3.48. The molecule has 0 aromatic carbocycles. The van der Waals surface area contributed by atoms with Gasteiger partial charge in [-0.3, -0.25) is 14.4 Å². The molecule has 100 valence electrons. The van der Waals surface area contributed by atoms with Gasteiger partial charge in [0.05, 0.1) is 40.2 Å². The zero-order chi connectivity index (χ0) is 14.1. The van der Waals surface area contributed by atoms with E-state index >= 15 is 0 Å². The summed E-state index contributed by atoms with van der Waals surface area (Å²) in [6, 6.07) is 1.72. The van der Waals surface area contributed by atoms with Crippen LogP contribution >= 0.6 is 0 Å². The molecular formula is C11H15NO6. The molecule has 18 heavy (non-hydrogen) atoms. The molecule has 0 aliphatic heterocycles. The van der Waals surface area contributed by atoms with E-state index in [9.17, 15) is 14.4 Å². The smallest absolute Gasteiger partial charge is 0.323 e. The number of methoxy groups -OCH3 is 3. The van der Waals surface area contributed by atoms with Crippen molar-refractivity contribution in [1.29, 1.82) is 5.26 Å². The first-order valence-corrected chi connectivity index (χ1v) is 5.11. The second-order valence-electron chi connectivity index (χ2n) is 3.45. The molecule has 0 aromatic rings. The highest BCUT2D eigenvalue weighted by atomic mass is 16.5. The molecule has 0 fully saturated rings. The third-order valence-corrected chi connectivity index (χ3v) is 2.38. The predicted molar refractivity (Wildman–Crippen MR) is 57.9 cm³/mol. The predicted octanol–water partition coefficient (Wildman–Crippen LogP) is 0.0416. The molecule has 7 nitrogen and oxygen atoms in total. The Kier molecular flexibility index (Phi) is 7.12. The highest BCUT2D eigenvalue weighted by Gasteiger charge is 2.33. The summed E-state index contributed by atoms with van der Waals surface area (Å²) >= 11 is 0. The van der Waals surface area contributed by atoms with E-state index in [1.807, 2.05) is 0 Å². The van der Waals surface area contributed by atoms with Crippen molar-refractivity contribution >= 4 is 17.9 Å². The molecular weight excluding hydrogens is 242 g/mol. The van der Waals surface area contributed by atoms with E-state index in [1.165, 1.54) is 14.2 Å². The average molecular weight is 257 g/mol. The molecule has 0 aliphatic carbocycles. The Labute approximate surface area is 105 Å². The van der Waals surface area contributed by atoms with E-state index in [0.29, 0.717) is 0 Å². The fraction of sp³-hybridized carbons (Fsp3) is 0.636. The standard InChI is InChI=1S/C11H15NO6/c1-16-9(13)4-7(5-10(14)17-2)8(6-12)11(15)18-3/h7-8H,4-5H2,1-3H3/t8-/m0/s1. The fourth-order valence-electron chi connectivity index (χ4n) is 1.38. The minimum atomic E-state index is -1.21. The Morgan fingerprint density at radius 1 is 1.00 bits per heavy atom. The second kappa shape index (κ2) is 8.06. The number of esters is 3. The van der Waals surface area contributed by atoms with Crippen LogP contribution in [0.5, 0.6) is 0 Å². The summed E-state index contributed by atoms with van der Waals surface area (Å²) in [5, 5.41) is 8.91. The van der Waals surface area contributed by atoms with Gasteiger partial charge in [0.25, 0.3) is 0 Å². The van der Waals surface area contributed by atoms with E-state index < -0.39 is 29.7 Å². The maximum atomic E-state index is 11.4. The molecule has 0 aliphatic rings. The van der Waals surface area contributed by atoms with Crippen LogP contribution in [0.15, 0.2) is 0 Å². The maximum absolute atomic E-state index is 11.4. The van der Waals surface area contributed by atoms with Crippen molar-refractivity contribution in [2.45, 2.75) is 12.8 Å². The Balaban J connectivity index is 4.93. The summed E-state index contributed by atoms with van der Waals surface area (Å²) in [4.78, 5) is 33.8. The summed E-state index contributed by atoms with van der Waals surface area (Å²) in [5.74, 6) is -4.08. The molecule has 7 heteroatoms. The third-order valence-electron chi connectivity index (χ3n) is 2.38. The number of ether oxygens (including phenoxy) is 3. The first-order chi connectivity index (χ1) is 8.49. The van der Waals surface area contributed by atoms with Crippen LogP contribution in [0, 0.1) is 23.2 Å². The van der Waals surface area contributed by atoms with Gasteiger partial charge >= 0.3 is 17.9 Å². The Morgan fingerprint density at radius 3 is 1.72 bits per heavy atom. The third kappa shape index (κ3) is 4.82. The first-order valence-electron chi connectivity index (χ1n) is 5.11. The summed E-state index contributed by atoms with van der Waals surface area (Å²) in [5.41, 5.74) is 0. The molecule has 0 N–H and O–H groups in total. The van der Waals surface area contributed by atoms with E-state index in [2.05, 4.69) is 14.2 Å². The van der Waals surface area contributed by atoms with Crippen molar-refractivity contribution in [2.24, 2.45) is 11.8 Å². The van der Waals surface area contributed by atoms with Crippen molar-refractivity contribution < 1.29 is 28.6 Å². The van der Waals surface area contributed by atoms with Crippen molar-refractivity contribution in [3.05, 3.63) is 0 Å². The summed E-state index contributed by atoms with van der Waals surface area (Å²) < 4.78 is 13.4. The summed E-state index contributed by atoms with van der Waals surface area (Å²) in [6.07, 6.45) is -0.474. The number of rotatable bonds is 6. The van der Waals surface area contributed by atoms with Gasteiger partial charge in [0.15, 0.2) is 0 Å². The molecule has 0 spiro atoms. The zero-order valence-electron chi connectivity index (χ0n) is 10.5. The van der Waals surface area contributed by atoms with Crippen molar-refractivity contribution in [1.82, 2.24) is 0 Å². The van der Waals surface area contributed by atoms with Crippen LogP contribution in [0.4, 0.5) is 0 Å². The Bertz CT molecular complexity index is 341. The van der Waals surface area contributed by atoms with Gasteiger partial charge in [0, 0.05) is 5.92 Å². The molecule has 0 saturated heterocycles. The first kappa shape index (κ1) is 15.9. The number of hydrogen-bond acceptors (Lipinski definition) is 7. The lowest BCUT2D eigenvalue weighted by Gasteiger charge is -2.17. The maximum Gasteiger partial charge on any atom is 0.323 e. The molecule has 0 saturated carbocycles. The van der Waals surface area contributed by atoms with E-state index in [1.54, 1.807) is 6.07 Å². The van der Waals surface area contributed by atoms with Crippen LogP contribution in [-0.2, 0) is 28.6 Å². The minimum Gasteiger partial charge on any atom is -0.469 e. The van der Waals surface area contributed by atoms with Gasteiger partial charge in [-0.15, -0.1) is 0 Å². The van der Waals surface area contributed by atoms with E-state index in [4.69, 9.17) is 5.26 Å². The SMILES string of the molecule is COC(=O)CC(CC(=O)OC)[C@H](C#N)C(=O)OC. The number of hydrogen-bond donors (Lipinski definition) is 0. The van der Waals surface area contributed by atoms with Gasteiger partial charge in [-0.05, 0) is 0 Å². The molecule has 0 amide bonds. The van der Waals surface area contributed by atoms with E-state index in [0.717, 1.165) is 7.11 Å². The molecule has 0 unspecified atom stereocenters. The number of carbonyl (C=O) groups is 3. The van der Waals surface area contributed by atoms with Gasteiger partial charge in [-0.1, -0.05) is 0 Å². The van der Waals surface area contributed by atoms with Gasteiger partial charge in [0.2, 0.25) is 0 Å². The minimum absolute atomic E-state index is 0.237. The fourth-order valence-corrected chi connectivity index (χ4v) is 1.38. The Hall–Kier alpha value is -2.10. The van der Waals surface area contributed by atoms with Crippen molar-refractivity contribution in [3.8, 4) is 6.07 Å². The number of nitrogens with zero attached hydrogens (tertiary/aromatic N) is 1. The molecule has 0 rings (SSSR count). The van der Waals surface area contributed by atoms with Gasteiger partial charge in [0.1, 0.15) is 5.92 Å². The molecule has 0 heterocycles. The van der Waals surface area contributed by atoms with Crippen LogP contribution in [-0.4, -0.2) is 39.2 Å². The summed E-state index contributed by atoms with van der Waals surface area (Å²) in [6.45, 7) is 0. The Morgan fingerprint density at radius 2 is 1.44 bits per heavy atom. The molecule has 0 radical (unpaired) electrons. The quantitative estimate of drug-likeness (QED) is 0.489. The molecule has 1 atom stereocenters. The lowest BCUT2D eigenvalue weighted by molar-refractivity contribution is -0.149. The van der Waals surface area contributed by atoms with Gasteiger partial charge in [-0.25, -0.2) is 0 Å². The van der Waals surface area contributed by atoms with Gasteiger partial charge < -0.3 is 14.2 Å². The van der Waals surface area contributed by atoms with Crippen LogP contribution < -0.4 is 0 Å². The average Bonchev–Trinajstić information content (AvgIpc) is 2.38. The monoisotopic (exact) mass is 257 g/mol. The van der Waals surface area contributed by atoms with Crippen LogP contribution in [0.25, 0.3) is 0 Å². The van der Waals surface area contributed by atoms with Crippen molar-refractivity contribution in [3.63, 3.8) is 0 Å². The highest BCUT2D eigenvalue weighted by Crippen LogP contribution is 2.22. The molecule has 0 aromatic heterocycles. The molecule has 0 bridgehead atoms. The van der Waals surface area contributed by atoms with Gasteiger partial charge in [-0.2, -0.15) is 5.26 Å². The van der Waals surface area contributed by atoms with E-state index in [-0.39, 0.29) is 12.8 Å².